The summed E-state index contributed by atoms with van der Waals surface area (Å²) in [6.07, 6.45) is 0. The predicted molar refractivity (Wildman–Crippen MR) is 254 cm³/mol. The summed E-state index contributed by atoms with van der Waals surface area (Å²) in [4.78, 5) is 0. The van der Waals surface area contributed by atoms with Crippen LogP contribution in [0.15, 0.2) is 230 Å². The highest BCUT2D eigenvalue weighted by Crippen LogP contribution is 2.41. The van der Waals surface area contributed by atoms with Crippen molar-refractivity contribution < 1.29 is 9.60 Å². The molecule has 0 aliphatic rings. The van der Waals surface area contributed by atoms with Gasteiger partial charge in [-0.3, -0.25) is 0 Å². The summed E-state index contributed by atoms with van der Waals surface area (Å²) in [5.74, 6) is 0. The first-order valence-corrected chi connectivity index (χ1v) is 20.1. The highest BCUT2D eigenvalue weighted by Gasteiger charge is 2.19. The summed E-state index contributed by atoms with van der Waals surface area (Å²) in [7, 11) is 0. The largest absolute Gasteiger partial charge is 0.309 e. The van der Waals surface area contributed by atoms with E-state index in [-0.39, 0.29) is 57.6 Å². The van der Waals surface area contributed by atoms with Gasteiger partial charge < -0.3 is 9.13 Å². The molecule has 0 saturated heterocycles. The van der Waals surface area contributed by atoms with Crippen LogP contribution in [0.25, 0.3) is 110 Å². The molecule has 0 radical (unpaired) electrons. The van der Waals surface area contributed by atoms with E-state index >= 15 is 0 Å². The van der Waals surface area contributed by atoms with Gasteiger partial charge in [-0.15, -0.1) is 0 Å². The number of hydrogen-bond donors (Lipinski definition) is 0. The molecule has 2 nitrogen and oxygen atoms in total. The van der Waals surface area contributed by atoms with Gasteiger partial charge >= 0.3 is 0 Å². The maximum absolute atomic E-state index is 9.96. The number of aromatic nitrogens is 2. The molecule has 0 bridgehead atoms. The Kier molecular flexibility index (Phi) is 6.39. The summed E-state index contributed by atoms with van der Waals surface area (Å²) in [5, 5.41) is 4.46. The number of benzene rings is 10. The van der Waals surface area contributed by atoms with Crippen LogP contribution in [0.2, 0.25) is 0 Å². The molecule has 0 fully saturated rings. The molecule has 2 aromatic heterocycles. The van der Waals surface area contributed by atoms with E-state index in [4.69, 9.17) is 2.74 Å². The van der Waals surface area contributed by atoms with Crippen molar-refractivity contribution in [1.29, 1.82) is 0 Å². The van der Waals surface area contributed by atoms with Crippen LogP contribution in [0.4, 0.5) is 0 Å². The average Bonchev–Trinajstić information content (AvgIpc) is 3.91. The standard InChI is InChI=1S/C58H38N2/c1-3-13-39(14-4-1)47-27-32-51-53-37-46(29-34-57(53)60(58(51)38-47)54-21-11-9-19-49(54)42-16-5-2-6-17-42)45-28-33-56-52(36-45)50-20-10-12-22-55(50)59(56)48-30-25-41(26-31-48)44-24-23-40-15-7-8-18-43(40)35-44/h1-38H/i10D,12D,20D,22D,28D,33D,36D. The van der Waals surface area contributed by atoms with Gasteiger partial charge in [0.1, 0.15) is 0 Å². The minimum atomic E-state index is -0.425. The van der Waals surface area contributed by atoms with Crippen LogP contribution < -0.4 is 0 Å². The monoisotopic (exact) mass is 769 g/mol. The van der Waals surface area contributed by atoms with E-state index in [0.717, 1.165) is 71.6 Å². The third-order valence-corrected chi connectivity index (χ3v) is 11.8. The zero-order chi connectivity index (χ0) is 45.7. The van der Waals surface area contributed by atoms with Gasteiger partial charge in [0.15, 0.2) is 0 Å². The van der Waals surface area contributed by atoms with Crippen LogP contribution in [0.1, 0.15) is 9.60 Å². The van der Waals surface area contributed by atoms with Crippen molar-refractivity contribution in [3.8, 4) is 55.9 Å². The highest BCUT2D eigenvalue weighted by molar-refractivity contribution is 6.13. The van der Waals surface area contributed by atoms with E-state index in [0.29, 0.717) is 11.3 Å². The second-order valence-corrected chi connectivity index (χ2v) is 15.2. The number of hydrogen-bond acceptors (Lipinski definition) is 0. The third-order valence-electron chi connectivity index (χ3n) is 11.8. The van der Waals surface area contributed by atoms with Crippen LogP contribution in [0.5, 0.6) is 0 Å². The van der Waals surface area contributed by atoms with Gasteiger partial charge in [-0.2, -0.15) is 0 Å². The number of nitrogens with zero attached hydrogens (tertiary/aromatic N) is 2. The second kappa shape index (κ2) is 13.9. The molecule has 280 valence electrons. The SMILES string of the molecule is [2H]c1c([2H])c([2H])c2c(c1[2H])c1c([2H])c(-c3ccc4c(c3)c3ccc(-c5ccccc5)cc3n4-c3ccccc3-c3ccccc3)c([2H])c([2H])c1n2-c1ccc(-c2ccc3ccccc3c2)cc1. The molecule has 12 rings (SSSR count). The Morgan fingerprint density at radius 1 is 0.317 bits per heavy atom. The third kappa shape index (κ3) is 5.57. The van der Waals surface area contributed by atoms with Crippen molar-refractivity contribution >= 4 is 54.4 Å². The topological polar surface area (TPSA) is 9.86 Å². The fourth-order valence-corrected chi connectivity index (χ4v) is 8.87. The van der Waals surface area contributed by atoms with Crippen LogP contribution in [0, 0.1) is 0 Å². The zero-order valence-electron chi connectivity index (χ0n) is 39.3. The van der Waals surface area contributed by atoms with Crippen molar-refractivity contribution in [1.82, 2.24) is 9.13 Å². The lowest BCUT2D eigenvalue weighted by molar-refractivity contribution is 1.18. The number of fused-ring (bicyclic) bond motifs is 7. The number of para-hydroxylation sites is 2. The maximum atomic E-state index is 9.96. The molecule has 2 heteroatoms. The van der Waals surface area contributed by atoms with Gasteiger partial charge in [0.05, 0.1) is 37.3 Å². The second-order valence-electron chi connectivity index (χ2n) is 15.2. The van der Waals surface area contributed by atoms with E-state index in [1.807, 2.05) is 103 Å². The maximum Gasteiger partial charge on any atom is 0.0645 e. The molecule has 0 saturated carbocycles. The van der Waals surface area contributed by atoms with Gasteiger partial charge in [0.25, 0.3) is 0 Å². The molecule has 0 spiro atoms. The Labute approximate surface area is 358 Å². The lowest BCUT2D eigenvalue weighted by atomic mass is 9.99. The quantitative estimate of drug-likeness (QED) is 0.159. The molecule has 0 aliphatic carbocycles. The molecular weight excluding hydrogens is 725 g/mol. The Morgan fingerprint density at radius 2 is 0.950 bits per heavy atom. The Balaban J connectivity index is 1.09. The first kappa shape index (κ1) is 27.7. The highest BCUT2D eigenvalue weighted by atomic mass is 15.0. The van der Waals surface area contributed by atoms with Gasteiger partial charge in [-0.25, -0.2) is 0 Å². The van der Waals surface area contributed by atoms with Crippen molar-refractivity contribution in [3.63, 3.8) is 0 Å². The van der Waals surface area contributed by atoms with Crippen molar-refractivity contribution in [2.45, 2.75) is 0 Å². The average molecular weight is 770 g/mol. The van der Waals surface area contributed by atoms with Crippen molar-refractivity contribution in [2.24, 2.45) is 0 Å². The van der Waals surface area contributed by atoms with E-state index in [1.54, 1.807) is 4.57 Å². The molecule has 0 aliphatic heterocycles. The minimum Gasteiger partial charge on any atom is -0.309 e. The first-order valence-electron chi connectivity index (χ1n) is 23.6. The summed E-state index contributed by atoms with van der Waals surface area (Å²) < 4.78 is 69.2. The molecule has 0 atom stereocenters. The summed E-state index contributed by atoms with van der Waals surface area (Å²) in [6.45, 7) is 0. The Morgan fingerprint density at radius 3 is 1.80 bits per heavy atom. The van der Waals surface area contributed by atoms with Crippen LogP contribution >= 0.6 is 0 Å². The molecule has 12 aromatic rings. The first-order chi connectivity index (χ1) is 32.7. The molecular formula is C58H38N2. The fraction of sp³-hybridized carbons (Fsp3) is 0. The van der Waals surface area contributed by atoms with E-state index in [1.165, 1.54) is 0 Å². The smallest absolute Gasteiger partial charge is 0.0645 e. The molecule has 2 heterocycles. The summed E-state index contributed by atoms with van der Waals surface area (Å²) >= 11 is 0. The lowest BCUT2D eigenvalue weighted by Gasteiger charge is -2.14. The summed E-state index contributed by atoms with van der Waals surface area (Å²) in [6, 6.07) is 61.6. The summed E-state index contributed by atoms with van der Waals surface area (Å²) in [5.41, 5.74) is 10.8. The zero-order valence-corrected chi connectivity index (χ0v) is 32.3. The van der Waals surface area contributed by atoms with E-state index in [2.05, 4.69) is 89.5 Å². The van der Waals surface area contributed by atoms with Gasteiger partial charge in [-0.1, -0.05) is 170 Å². The Bertz CT molecular complexity index is 3990. The van der Waals surface area contributed by atoms with Crippen LogP contribution in [-0.2, 0) is 0 Å². The van der Waals surface area contributed by atoms with Gasteiger partial charge in [0.2, 0.25) is 0 Å². The molecule has 0 amide bonds. The molecule has 0 unspecified atom stereocenters. The number of rotatable bonds is 6. The van der Waals surface area contributed by atoms with E-state index in [9.17, 15) is 6.85 Å². The van der Waals surface area contributed by atoms with Crippen LogP contribution in [0.3, 0.4) is 0 Å². The fourth-order valence-electron chi connectivity index (χ4n) is 8.87. The molecule has 10 aromatic carbocycles. The van der Waals surface area contributed by atoms with Gasteiger partial charge in [-0.05, 0) is 110 Å². The van der Waals surface area contributed by atoms with Crippen LogP contribution in [-0.4, -0.2) is 9.13 Å². The van der Waals surface area contributed by atoms with Crippen molar-refractivity contribution in [3.05, 3.63) is 230 Å². The molecule has 0 N–H and O–H groups in total. The lowest BCUT2D eigenvalue weighted by Crippen LogP contribution is -1.97. The Hall–Kier alpha value is -7.94. The normalized spacial score (nSPS) is 13.3. The minimum absolute atomic E-state index is 0.0820. The predicted octanol–water partition coefficient (Wildman–Crippen LogP) is 15.7. The molecule has 60 heavy (non-hydrogen) atoms. The van der Waals surface area contributed by atoms with E-state index < -0.39 is 12.1 Å². The van der Waals surface area contributed by atoms with Gasteiger partial charge in [0, 0.05) is 32.8 Å². The van der Waals surface area contributed by atoms with Crippen molar-refractivity contribution in [2.75, 3.05) is 0 Å².